The summed E-state index contributed by atoms with van der Waals surface area (Å²) in [6.45, 7) is 9.15. The molecule has 0 unspecified atom stereocenters. The smallest absolute Gasteiger partial charge is 0.411 e. The molecule has 0 spiro atoms. The molecule has 2 saturated heterocycles. The van der Waals surface area contributed by atoms with Gasteiger partial charge in [-0.1, -0.05) is 54.6 Å². The molecule has 5 rings (SSSR count). The summed E-state index contributed by atoms with van der Waals surface area (Å²) in [5.41, 5.74) is 4.25. The number of nitrogens with zero attached hydrogens (tertiary/aromatic N) is 4. The Hall–Kier alpha value is -4.12. The van der Waals surface area contributed by atoms with Gasteiger partial charge in [0.15, 0.2) is 5.78 Å². The summed E-state index contributed by atoms with van der Waals surface area (Å²) in [6, 6.07) is 21.5. The molecule has 238 valence electrons. The Morgan fingerprint density at radius 2 is 1.64 bits per heavy atom. The van der Waals surface area contributed by atoms with Crippen molar-refractivity contribution in [3.05, 3.63) is 84.2 Å². The number of carbonyl (C=O) groups excluding carboxylic acids is 3. The average molecular weight is 613 g/mol. The van der Waals surface area contributed by atoms with Crippen LogP contribution in [0.15, 0.2) is 72.9 Å². The van der Waals surface area contributed by atoms with Gasteiger partial charge in [-0.25, -0.2) is 4.79 Å². The summed E-state index contributed by atoms with van der Waals surface area (Å²) in [7, 11) is 0. The molecular formula is C35H44N6O4. The fraction of sp³-hybridized carbons (Fsp3) is 0.429. The number of likely N-dealkylation sites (tertiary alicyclic amines) is 1. The van der Waals surface area contributed by atoms with Gasteiger partial charge >= 0.3 is 6.09 Å². The lowest BCUT2D eigenvalue weighted by atomic mass is 10.0. The van der Waals surface area contributed by atoms with E-state index in [0.29, 0.717) is 12.2 Å². The van der Waals surface area contributed by atoms with Crippen molar-refractivity contribution in [1.29, 1.82) is 0 Å². The molecule has 0 saturated carbocycles. The molecule has 1 aromatic heterocycles. The molecule has 0 radical (unpaired) electrons. The molecule has 0 bridgehead atoms. The van der Waals surface area contributed by atoms with Crippen LogP contribution in [0.3, 0.4) is 0 Å². The summed E-state index contributed by atoms with van der Waals surface area (Å²) in [4.78, 5) is 48.0. The number of ketones is 1. The maximum Gasteiger partial charge on any atom is 0.411 e. The number of benzene rings is 2. The maximum atomic E-state index is 12.7. The zero-order valence-electron chi connectivity index (χ0n) is 26.1. The van der Waals surface area contributed by atoms with E-state index < -0.39 is 6.09 Å². The SMILES string of the molecule is CC(=O)N1CCCN(Cc2ccc(C(=O)CNCCN3CCC(OC(=O)Nc4ccccc4-c4ccccc4)CC3)nc2)CC1. The number of hydrogen-bond donors (Lipinski definition) is 2. The lowest BCUT2D eigenvalue weighted by Crippen LogP contribution is -2.42. The number of nitrogens with one attached hydrogen (secondary N) is 2. The second-order valence-electron chi connectivity index (χ2n) is 11.8. The Kier molecular flexibility index (Phi) is 11.7. The summed E-state index contributed by atoms with van der Waals surface area (Å²) >= 11 is 0. The first-order valence-electron chi connectivity index (χ1n) is 16.0. The van der Waals surface area contributed by atoms with E-state index in [2.05, 4.69) is 25.4 Å². The number of pyridine rings is 1. The molecule has 2 aromatic carbocycles. The van der Waals surface area contributed by atoms with Crippen LogP contribution in [0.25, 0.3) is 11.1 Å². The standard InChI is InChI=1S/C35H44N6O4/c1-27(42)41-18-7-17-40(22-23-41)26-28-12-13-33(37-24-28)34(43)25-36-16-21-39-19-14-30(15-20-39)45-35(44)38-32-11-6-5-10-31(32)29-8-3-2-4-9-29/h2-6,8-13,24,30,36H,7,14-23,25-26H2,1H3,(H,38,44). The van der Waals surface area contributed by atoms with E-state index in [-0.39, 0.29) is 24.3 Å². The predicted molar refractivity (Wildman–Crippen MR) is 175 cm³/mol. The van der Waals surface area contributed by atoms with E-state index >= 15 is 0 Å². The molecule has 3 heterocycles. The Morgan fingerprint density at radius 3 is 2.40 bits per heavy atom. The predicted octanol–water partition coefficient (Wildman–Crippen LogP) is 4.29. The van der Waals surface area contributed by atoms with Gasteiger partial charge in [-0.2, -0.15) is 0 Å². The number of hydrogen-bond acceptors (Lipinski definition) is 8. The second-order valence-corrected chi connectivity index (χ2v) is 11.8. The highest BCUT2D eigenvalue weighted by molar-refractivity contribution is 5.95. The van der Waals surface area contributed by atoms with Crippen molar-refractivity contribution in [2.45, 2.75) is 38.8 Å². The Bertz CT molecular complexity index is 1410. The van der Waals surface area contributed by atoms with E-state index in [1.165, 1.54) is 0 Å². The molecule has 45 heavy (non-hydrogen) atoms. The summed E-state index contributed by atoms with van der Waals surface area (Å²) in [5, 5.41) is 6.18. The Morgan fingerprint density at radius 1 is 0.867 bits per heavy atom. The minimum atomic E-state index is -0.429. The highest BCUT2D eigenvalue weighted by Crippen LogP contribution is 2.28. The lowest BCUT2D eigenvalue weighted by molar-refractivity contribution is -0.128. The third-order valence-corrected chi connectivity index (χ3v) is 8.50. The monoisotopic (exact) mass is 612 g/mol. The molecule has 0 atom stereocenters. The van der Waals surface area contributed by atoms with Gasteiger partial charge in [0.05, 0.1) is 12.2 Å². The minimum absolute atomic E-state index is 0.0274. The number of amides is 2. The summed E-state index contributed by atoms with van der Waals surface area (Å²) < 4.78 is 5.75. The first kappa shape index (κ1) is 32.3. The number of anilines is 1. The van der Waals surface area contributed by atoms with Crippen molar-refractivity contribution in [1.82, 2.24) is 25.0 Å². The number of ether oxygens (including phenoxy) is 1. The van der Waals surface area contributed by atoms with Gasteiger partial charge in [0.25, 0.3) is 0 Å². The first-order valence-corrected chi connectivity index (χ1v) is 16.0. The number of para-hydroxylation sites is 1. The molecule has 10 nitrogen and oxygen atoms in total. The highest BCUT2D eigenvalue weighted by atomic mass is 16.6. The molecule has 2 fully saturated rings. The third-order valence-electron chi connectivity index (χ3n) is 8.50. The first-order chi connectivity index (χ1) is 21.9. The summed E-state index contributed by atoms with van der Waals surface area (Å²) in [6.07, 6.45) is 3.74. The van der Waals surface area contributed by atoms with Crippen molar-refractivity contribution in [3.63, 3.8) is 0 Å². The van der Waals surface area contributed by atoms with Crippen molar-refractivity contribution in [2.75, 3.05) is 64.2 Å². The highest BCUT2D eigenvalue weighted by Gasteiger charge is 2.23. The average Bonchev–Trinajstić information content (AvgIpc) is 3.30. The van der Waals surface area contributed by atoms with Crippen LogP contribution in [-0.2, 0) is 16.1 Å². The van der Waals surface area contributed by atoms with Gasteiger partial charge in [-0.15, -0.1) is 0 Å². The van der Waals surface area contributed by atoms with Gasteiger partial charge in [0, 0.05) is 77.6 Å². The number of Topliss-reactive ketones (excluding diaryl/α,β-unsaturated/α-hetero) is 1. The number of carbonyl (C=O) groups is 3. The van der Waals surface area contributed by atoms with Crippen LogP contribution in [0.2, 0.25) is 0 Å². The number of aromatic nitrogens is 1. The normalized spacial score (nSPS) is 16.6. The maximum absolute atomic E-state index is 12.7. The van der Waals surface area contributed by atoms with Crippen molar-refractivity contribution >= 4 is 23.5 Å². The Labute approximate surface area is 265 Å². The van der Waals surface area contributed by atoms with Crippen molar-refractivity contribution in [3.8, 4) is 11.1 Å². The molecule has 3 aromatic rings. The van der Waals surface area contributed by atoms with E-state index in [1.54, 1.807) is 19.2 Å². The zero-order valence-corrected chi connectivity index (χ0v) is 26.1. The van der Waals surface area contributed by atoms with E-state index in [4.69, 9.17) is 4.74 Å². The van der Waals surface area contributed by atoms with Crippen LogP contribution in [0.4, 0.5) is 10.5 Å². The third kappa shape index (κ3) is 9.68. The van der Waals surface area contributed by atoms with E-state index in [9.17, 15) is 14.4 Å². The van der Waals surface area contributed by atoms with Crippen LogP contribution >= 0.6 is 0 Å². The second kappa shape index (κ2) is 16.3. The largest absolute Gasteiger partial charge is 0.446 e. The van der Waals surface area contributed by atoms with Gasteiger partial charge in [0.2, 0.25) is 5.91 Å². The molecule has 2 aliphatic heterocycles. The molecular weight excluding hydrogens is 568 g/mol. The molecule has 0 aliphatic carbocycles. The molecule has 2 amide bonds. The Balaban J connectivity index is 0.966. The minimum Gasteiger partial charge on any atom is -0.446 e. The van der Waals surface area contributed by atoms with Crippen LogP contribution in [-0.4, -0.2) is 102 Å². The molecule has 10 heteroatoms. The number of piperidine rings is 1. The van der Waals surface area contributed by atoms with E-state index in [1.807, 2.05) is 65.6 Å². The van der Waals surface area contributed by atoms with Gasteiger partial charge in [-0.3, -0.25) is 24.8 Å². The van der Waals surface area contributed by atoms with E-state index in [0.717, 1.165) is 94.0 Å². The van der Waals surface area contributed by atoms with Crippen molar-refractivity contribution < 1.29 is 19.1 Å². The topological polar surface area (TPSA) is 107 Å². The van der Waals surface area contributed by atoms with Crippen LogP contribution in [0.5, 0.6) is 0 Å². The van der Waals surface area contributed by atoms with Crippen LogP contribution in [0, 0.1) is 0 Å². The van der Waals surface area contributed by atoms with Crippen LogP contribution < -0.4 is 10.6 Å². The van der Waals surface area contributed by atoms with Crippen molar-refractivity contribution in [2.24, 2.45) is 0 Å². The molecule has 2 N–H and O–H groups in total. The van der Waals surface area contributed by atoms with Gasteiger partial charge in [0.1, 0.15) is 11.8 Å². The van der Waals surface area contributed by atoms with Gasteiger partial charge in [-0.05, 0) is 42.5 Å². The lowest BCUT2D eigenvalue weighted by Gasteiger charge is -2.31. The van der Waals surface area contributed by atoms with Gasteiger partial charge < -0.3 is 19.9 Å². The fourth-order valence-corrected chi connectivity index (χ4v) is 5.92. The quantitative estimate of drug-likeness (QED) is 0.244. The number of rotatable bonds is 11. The molecule has 2 aliphatic rings. The zero-order chi connectivity index (χ0) is 31.4. The summed E-state index contributed by atoms with van der Waals surface area (Å²) in [5.74, 6) is 0.105. The van der Waals surface area contributed by atoms with Crippen LogP contribution in [0.1, 0.15) is 42.2 Å². The fourth-order valence-electron chi connectivity index (χ4n) is 5.92.